The van der Waals surface area contributed by atoms with Crippen LogP contribution in [0.5, 0.6) is 0 Å². The molecule has 1 atom stereocenters. The van der Waals surface area contributed by atoms with Crippen LogP contribution in [-0.2, 0) is 23.2 Å². The summed E-state index contributed by atoms with van der Waals surface area (Å²) in [6.07, 6.45) is 3.64. The predicted octanol–water partition coefficient (Wildman–Crippen LogP) is 2.24. The Hall–Kier alpha value is -1.72. The SMILES string of the molecule is CCc1cnc(CCNC(=O)C(C)(N)c2ccccc2)s1. The molecule has 2 rings (SSSR count). The molecule has 0 fully saturated rings. The van der Waals surface area contributed by atoms with Crippen LogP contribution in [0.15, 0.2) is 36.5 Å². The van der Waals surface area contributed by atoms with E-state index in [-0.39, 0.29) is 5.91 Å². The Morgan fingerprint density at radius 1 is 1.38 bits per heavy atom. The monoisotopic (exact) mass is 303 g/mol. The maximum atomic E-state index is 12.3. The van der Waals surface area contributed by atoms with Crippen molar-refractivity contribution in [3.05, 3.63) is 52.0 Å². The second-order valence-electron chi connectivity index (χ2n) is 5.15. The van der Waals surface area contributed by atoms with Crippen LogP contribution in [0.3, 0.4) is 0 Å². The zero-order valence-corrected chi connectivity index (χ0v) is 13.2. The quantitative estimate of drug-likeness (QED) is 0.860. The summed E-state index contributed by atoms with van der Waals surface area (Å²) in [5.74, 6) is -0.166. The molecular formula is C16H21N3OS. The summed E-state index contributed by atoms with van der Waals surface area (Å²) in [6.45, 7) is 4.39. The fourth-order valence-corrected chi connectivity index (χ4v) is 2.87. The smallest absolute Gasteiger partial charge is 0.244 e. The van der Waals surface area contributed by atoms with Gasteiger partial charge < -0.3 is 11.1 Å². The molecule has 1 heterocycles. The topological polar surface area (TPSA) is 68.0 Å². The molecule has 0 aliphatic rings. The lowest BCUT2D eigenvalue weighted by molar-refractivity contribution is -0.126. The van der Waals surface area contributed by atoms with Crippen molar-refractivity contribution in [2.45, 2.75) is 32.2 Å². The van der Waals surface area contributed by atoms with Crippen molar-refractivity contribution in [2.24, 2.45) is 5.73 Å². The number of nitrogens with zero attached hydrogens (tertiary/aromatic N) is 1. The molecule has 0 aliphatic heterocycles. The van der Waals surface area contributed by atoms with Gasteiger partial charge in [0.15, 0.2) is 0 Å². The molecule has 1 unspecified atom stereocenters. The third kappa shape index (κ3) is 3.89. The Balaban J connectivity index is 1.89. The first kappa shape index (κ1) is 15.7. The molecule has 1 aromatic carbocycles. The highest BCUT2D eigenvalue weighted by molar-refractivity contribution is 7.11. The van der Waals surface area contributed by atoms with Gasteiger partial charge in [0.05, 0.1) is 5.01 Å². The number of benzene rings is 1. The predicted molar refractivity (Wildman–Crippen MR) is 86.2 cm³/mol. The van der Waals surface area contributed by atoms with Crippen LogP contribution in [0.2, 0.25) is 0 Å². The van der Waals surface area contributed by atoms with Crippen molar-refractivity contribution in [3.63, 3.8) is 0 Å². The van der Waals surface area contributed by atoms with Crippen molar-refractivity contribution < 1.29 is 4.79 Å². The normalized spacial score (nSPS) is 13.7. The van der Waals surface area contributed by atoms with Crippen LogP contribution in [-0.4, -0.2) is 17.4 Å². The molecule has 2 aromatic rings. The van der Waals surface area contributed by atoms with Crippen molar-refractivity contribution in [1.29, 1.82) is 0 Å². The molecule has 4 nitrogen and oxygen atoms in total. The van der Waals surface area contributed by atoms with E-state index in [1.165, 1.54) is 4.88 Å². The number of hydrogen-bond donors (Lipinski definition) is 2. The van der Waals surface area contributed by atoms with Crippen molar-refractivity contribution >= 4 is 17.2 Å². The summed E-state index contributed by atoms with van der Waals surface area (Å²) < 4.78 is 0. The van der Waals surface area contributed by atoms with Crippen molar-refractivity contribution in [1.82, 2.24) is 10.3 Å². The van der Waals surface area contributed by atoms with Gasteiger partial charge in [-0.3, -0.25) is 4.79 Å². The van der Waals surface area contributed by atoms with Gasteiger partial charge in [-0.05, 0) is 18.9 Å². The molecular weight excluding hydrogens is 282 g/mol. The zero-order valence-electron chi connectivity index (χ0n) is 12.4. The van der Waals surface area contributed by atoms with Crippen molar-refractivity contribution in [2.75, 3.05) is 6.54 Å². The number of rotatable bonds is 6. The van der Waals surface area contributed by atoms with E-state index in [1.807, 2.05) is 36.5 Å². The fraction of sp³-hybridized carbons (Fsp3) is 0.375. The summed E-state index contributed by atoms with van der Waals surface area (Å²) >= 11 is 1.69. The summed E-state index contributed by atoms with van der Waals surface area (Å²) in [7, 11) is 0. The Morgan fingerprint density at radius 2 is 2.10 bits per heavy atom. The molecule has 3 N–H and O–H groups in total. The summed E-state index contributed by atoms with van der Waals surface area (Å²) in [5, 5.41) is 3.95. The Bertz CT molecular complexity index is 593. The van der Waals surface area contributed by atoms with E-state index < -0.39 is 5.54 Å². The number of nitrogens with one attached hydrogen (secondary N) is 1. The van der Waals surface area contributed by atoms with E-state index in [1.54, 1.807) is 18.3 Å². The average Bonchev–Trinajstić information content (AvgIpc) is 2.96. The van der Waals surface area contributed by atoms with Crippen LogP contribution in [0.1, 0.15) is 29.3 Å². The number of carbonyl (C=O) groups excluding carboxylic acids is 1. The van der Waals surface area contributed by atoms with Crippen LogP contribution in [0, 0.1) is 0 Å². The Morgan fingerprint density at radius 3 is 2.71 bits per heavy atom. The van der Waals surface area contributed by atoms with Gasteiger partial charge in [-0.25, -0.2) is 4.98 Å². The van der Waals surface area contributed by atoms with E-state index in [9.17, 15) is 4.79 Å². The first-order chi connectivity index (χ1) is 10.0. The van der Waals surface area contributed by atoms with Gasteiger partial charge in [0.1, 0.15) is 5.54 Å². The number of amides is 1. The molecule has 5 heteroatoms. The van der Waals surface area contributed by atoms with Crippen LogP contribution >= 0.6 is 11.3 Å². The minimum Gasteiger partial charge on any atom is -0.354 e. The third-order valence-corrected chi connectivity index (χ3v) is 4.62. The van der Waals surface area contributed by atoms with Gasteiger partial charge in [-0.15, -0.1) is 11.3 Å². The summed E-state index contributed by atoms with van der Waals surface area (Å²) in [6, 6.07) is 9.41. The first-order valence-electron chi connectivity index (χ1n) is 7.10. The van der Waals surface area contributed by atoms with Gasteiger partial charge in [-0.2, -0.15) is 0 Å². The standard InChI is InChI=1S/C16H21N3OS/c1-3-13-11-19-14(21-13)9-10-18-15(20)16(2,17)12-7-5-4-6-8-12/h4-8,11H,3,9-10,17H2,1-2H3,(H,18,20). The molecule has 0 saturated carbocycles. The fourth-order valence-electron chi connectivity index (χ4n) is 2.01. The number of carbonyl (C=O) groups is 1. The van der Waals surface area contributed by atoms with Gasteiger partial charge >= 0.3 is 0 Å². The van der Waals surface area contributed by atoms with Crippen LogP contribution in [0.25, 0.3) is 0 Å². The van der Waals surface area contributed by atoms with Crippen LogP contribution in [0.4, 0.5) is 0 Å². The van der Waals surface area contributed by atoms with Crippen molar-refractivity contribution in [3.8, 4) is 0 Å². The first-order valence-corrected chi connectivity index (χ1v) is 7.92. The highest BCUT2D eigenvalue weighted by Crippen LogP contribution is 2.17. The maximum Gasteiger partial charge on any atom is 0.244 e. The molecule has 1 aromatic heterocycles. The molecule has 0 saturated heterocycles. The Labute approximate surface area is 129 Å². The minimum absolute atomic E-state index is 0.166. The largest absolute Gasteiger partial charge is 0.354 e. The lowest BCUT2D eigenvalue weighted by atomic mass is 9.92. The second-order valence-corrected chi connectivity index (χ2v) is 6.35. The lowest BCUT2D eigenvalue weighted by Crippen LogP contribution is -2.49. The summed E-state index contributed by atoms with van der Waals surface area (Å²) in [4.78, 5) is 17.9. The molecule has 21 heavy (non-hydrogen) atoms. The van der Waals surface area contributed by atoms with E-state index in [2.05, 4.69) is 17.2 Å². The summed E-state index contributed by atoms with van der Waals surface area (Å²) in [5.41, 5.74) is 5.96. The molecule has 0 radical (unpaired) electrons. The number of aryl methyl sites for hydroxylation is 1. The molecule has 0 spiro atoms. The van der Waals surface area contributed by atoms with E-state index in [0.29, 0.717) is 6.54 Å². The molecule has 0 bridgehead atoms. The van der Waals surface area contributed by atoms with E-state index >= 15 is 0 Å². The Kier molecular flexibility index (Phi) is 5.09. The highest BCUT2D eigenvalue weighted by Gasteiger charge is 2.29. The maximum absolute atomic E-state index is 12.3. The minimum atomic E-state index is -1.02. The number of thiazole rings is 1. The second kappa shape index (κ2) is 6.83. The number of nitrogens with two attached hydrogens (primary N) is 1. The number of hydrogen-bond acceptors (Lipinski definition) is 4. The molecule has 112 valence electrons. The highest BCUT2D eigenvalue weighted by atomic mass is 32.1. The number of aromatic nitrogens is 1. The molecule has 1 amide bonds. The lowest BCUT2D eigenvalue weighted by Gasteiger charge is -2.24. The van der Waals surface area contributed by atoms with Gasteiger partial charge in [-0.1, -0.05) is 37.3 Å². The van der Waals surface area contributed by atoms with E-state index in [4.69, 9.17) is 5.73 Å². The van der Waals surface area contributed by atoms with E-state index in [0.717, 1.165) is 23.4 Å². The zero-order chi connectivity index (χ0) is 15.3. The average molecular weight is 303 g/mol. The van der Waals surface area contributed by atoms with Crippen LogP contribution < -0.4 is 11.1 Å². The van der Waals surface area contributed by atoms with Gasteiger partial charge in [0, 0.05) is 24.0 Å². The van der Waals surface area contributed by atoms with Gasteiger partial charge in [0.25, 0.3) is 0 Å². The third-order valence-electron chi connectivity index (χ3n) is 3.42. The van der Waals surface area contributed by atoms with Gasteiger partial charge in [0.2, 0.25) is 5.91 Å². The molecule has 0 aliphatic carbocycles.